The molecule has 2 aliphatic rings. The van der Waals surface area contributed by atoms with Gasteiger partial charge in [0, 0.05) is 10.4 Å². The second-order valence-electron chi connectivity index (χ2n) is 7.69. The van der Waals surface area contributed by atoms with Gasteiger partial charge in [-0.25, -0.2) is 0 Å². The number of amides is 1. The van der Waals surface area contributed by atoms with Crippen molar-refractivity contribution in [1.29, 1.82) is 5.26 Å². The van der Waals surface area contributed by atoms with Crippen molar-refractivity contribution in [2.24, 2.45) is 0 Å². The van der Waals surface area contributed by atoms with Crippen LogP contribution in [0, 0.1) is 25.2 Å². The molecule has 4 rings (SSSR count). The van der Waals surface area contributed by atoms with Crippen molar-refractivity contribution >= 4 is 22.2 Å². The number of nitrogens with one attached hydrogen (secondary N) is 3. The molecule has 8 heteroatoms. The minimum absolute atomic E-state index is 0.0167. The molecule has 3 N–H and O–H groups in total. The Balaban J connectivity index is 1.26. The summed E-state index contributed by atoms with van der Waals surface area (Å²) in [6, 6.07) is 8.36. The number of nitrogens with zero attached hydrogens (tertiary/aromatic N) is 1. The second kappa shape index (κ2) is 8.41. The molecule has 29 heavy (non-hydrogen) atoms. The average Bonchev–Trinajstić information content (AvgIpc) is 3.27. The maximum atomic E-state index is 12.5. The number of rotatable bonds is 5. The van der Waals surface area contributed by atoms with E-state index in [1.54, 1.807) is 0 Å². The number of piperazine rings is 1. The van der Waals surface area contributed by atoms with E-state index in [1.165, 1.54) is 26.7 Å². The number of carbonyl (C=O) groups excluding carboxylic acids is 1. The molecule has 1 saturated heterocycles. The molecule has 0 spiro atoms. The zero-order chi connectivity index (χ0) is 20.4. The van der Waals surface area contributed by atoms with E-state index in [-0.39, 0.29) is 5.91 Å². The summed E-state index contributed by atoms with van der Waals surface area (Å²) in [6.07, 6.45) is 0. The van der Waals surface area contributed by atoms with Gasteiger partial charge in [-0.3, -0.25) is 4.79 Å². The van der Waals surface area contributed by atoms with Gasteiger partial charge in [0.25, 0.3) is 5.91 Å². The minimum atomic E-state index is -0.0167. The van der Waals surface area contributed by atoms with Gasteiger partial charge in [0.05, 0.1) is 5.56 Å². The average molecular weight is 415 g/mol. The molecule has 1 aromatic carbocycles. The van der Waals surface area contributed by atoms with Gasteiger partial charge in [-0.15, -0.1) is 11.3 Å². The van der Waals surface area contributed by atoms with E-state index in [2.05, 4.69) is 23.5 Å². The zero-order valence-corrected chi connectivity index (χ0v) is 17.6. The summed E-state index contributed by atoms with van der Waals surface area (Å²) in [5, 5.41) is 13.0. The first-order valence-corrected chi connectivity index (χ1v) is 10.7. The third-order valence-corrected chi connectivity index (χ3v) is 6.84. The fraction of sp³-hybridized carbons (Fsp3) is 0.429. The lowest BCUT2D eigenvalue weighted by atomic mass is 10.1. The molecule has 3 heterocycles. The van der Waals surface area contributed by atoms with Crippen LogP contribution in [0.2, 0.25) is 0 Å². The van der Waals surface area contributed by atoms with E-state index in [1.807, 2.05) is 19.9 Å². The van der Waals surface area contributed by atoms with Crippen molar-refractivity contribution in [2.75, 3.05) is 44.8 Å². The first-order chi connectivity index (χ1) is 14.0. The van der Waals surface area contributed by atoms with Gasteiger partial charge in [0.15, 0.2) is 18.0 Å². The van der Waals surface area contributed by atoms with Gasteiger partial charge >= 0.3 is 0 Å². The topological polar surface area (TPSA) is 80.2 Å². The Kier molecular flexibility index (Phi) is 5.72. The molecular formula is C21H26N4O3S+2. The van der Waals surface area contributed by atoms with Crippen LogP contribution in [0.3, 0.4) is 0 Å². The number of hydrogen-bond acceptors (Lipinski definition) is 5. The summed E-state index contributed by atoms with van der Waals surface area (Å²) in [6.45, 7) is 9.57. The van der Waals surface area contributed by atoms with Crippen LogP contribution >= 0.6 is 11.3 Å². The summed E-state index contributed by atoms with van der Waals surface area (Å²) in [5.41, 5.74) is 2.80. The van der Waals surface area contributed by atoms with E-state index in [0.29, 0.717) is 23.9 Å². The lowest BCUT2D eigenvalue weighted by molar-refractivity contribution is -1.02. The lowest BCUT2D eigenvalue weighted by Gasteiger charge is -2.29. The SMILES string of the molecule is Cc1sc(NC(=O)C[NH+]2CC[NH+](Cc3ccc4c(c3)OCO4)CC2)c(C#N)c1C. The minimum Gasteiger partial charge on any atom is -0.454 e. The Morgan fingerprint density at radius 1 is 1.17 bits per heavy atom. The molecule has 2 aliphatic heterocycles. The normalized spacial score (nSPS) is 20.3. The van der Waals surface area contributed by atoms with Crippen molar-refractivity contribution in [3.8, 4) is 17.6 Å². The molecular weight excluding hydrogens is 388 g/mol. The van der Waals surface area contributed by atoms with Crippen LogP contribution in [0.15, 0.2) is 18.2 Å². The Labute approximate surface area is 174 Å². The van der Waals surface area contributed by atoms with Crippen molar-refractivity contribution in [3.05, 3.63) is 39.8 Å². The molecule has 7 nitrogen and oxygen atoms in total. The summed E-state index contributed by atoms with van der Waals surface area (Å²) >= 11 is 1.48. The number of carbonyl (C=O) groups is 1. The number of ether oxygens (including phenoxy) is 2. The van der Waals surface area contributed by atoms with Crippen LogP contribution in [0.25, 0.3) is 0 Å². The van der Waals surface area contributed by atoms with Crippen LogP contribution in [-0.4, -0.2) is 45.4 Å². The first-order valence-electron chi connectivity index (χ1n) is 9.89. The van der Waals surface area contributed by atoms with Crippen LogP contribution in [0.4, 0.5) is 5.00 Å². The number of benzene rings is 1. The number of quaternary nitrogens is 2. The van der Waals surface area contributed by atoms with Crippen molar-refractivity contribution in [1.82, 2.24) is 0 Å². The third kappa shape index (κ3) is 4.37. The molecule has 0 aliphatic carbocycles. The van der Waals surface area contributed by atoms with Crippen LogP contribution in [-0.2, 0) is 11.3 Å². The Bertz CT molecular complexity index is 958. The van der Waals surface area contributed by atoms with E-state index in [4.69, 9.17) is 9.47 Å². The highest BCUT2D eigenvalue weighted by Crippen LogP contribution is 2.32. The van der Waals surface area contributed by atoms with Gasteiger partial charge in [-0.2, -0.15) is 5.26 Å². The maximum absolute atomic E-state index is 12.5. The quantitative estimate of drug-likeness (QED) is 0.638. The molecule has 0 atom stereocenters. The fourth-order valence-corrected chi connectivity index (χ4v) is 4.92. The number of hydrogen-bond donors (Lipinski definition) is 3. The van der Waals surface area contributed by atoms with Gasteiger partial charge in [0.1, 0.15) is 43.8 Å². The molecule has 0 saturated carbocycles. The molecule has 2 aromatic rings. The van der Waals surface area contributed by atoms with Gasteiger partial charge in [-0.05, 0) is 37.6 Å². The lowest BCUT2D eigenvalue weighted by Crippen LogP contribution is -3.28. The maximum Gasteiger partial charge on any atom is 0.280 e. The number of thiophene rings is 1. The Hall–Kier alpha value is -2.60. The Morgan fingerprint density at radius 3 is 2.66 bits per heavy atom. The number of fused-ring (bicyclic) bond motifs is 1. The zero-order valence-electron chi connectivity index (χ0n) is 16.8. The number of aryl methyl sites for hydroxylation is 1. The van der Waals surface area contributed by atoms with Crippen LogP contribution in [0.1, 0.15) is 21.6 Å². The molecule has 1 aromatic heterocycles. The smallest absolute Gasteiger partial charge is 0.280 e. The largest absolute Gasteiger partial charge is 0.454 e. The van der Waals surface area contributed by atoms with Gasteiger partial charge in [-0.1, -0.05) is 0 Å². The number of nitriles is 1. The summed E-state index contributed by atoms with van der Waals surface area (Å²) < 4.78 is 10.8. The summed E-state index contributed by atoms with van der Waals surface area (Å²) in [4.78, 5) is 16.4. The fourth-order valence-electron chi connectivity index (χ4n) is 3.90. The van der Waals surface area contributed by atoms with Crippen molar-refractivity contribution in [3.63, 3.8) is 0 Å². The first kappa shape index (κ1) is 19.7. The van der Waals surface area contributed by atoms with Crippen molar-refractivity contribution in [2.45, 2.75) is 20.4 Å². The highest BCUT2D eigenvalue weighted by atomic mass is 32.1. The molecule has 1 amide bonds. The van der Waals surface area contributed by atoms with Crippen molar-refractivity contribution < 1.29 is 24.1 Å². The standard InChI is InChI=1S/C21H24N4O3S/c1-14-15(2)29-21(17(14)10-22)23-20(26)12-25-7-5-24(6-8-25)11-16-3-4-18-19(9-16)28-13-27-18/h3-4,9H,5-8,11-13H2,1-2H3,(H,23,26)/p+2. The van der Waals surface area contributed by atoms with Crippen LogP contribution < -0.4 is 24.6 Å². The molecule has 0 radical (unpaired) electrons. The predicted molar refractivity (Wildman–Crippen MR) is 110 cm³/mol. The van der Waals surface area contributed by atoms with E-state index < -0.39 is 0 Å². The monoisotopic (exact) mass is 414 g/mol. The van der Waals surface area contributed by atoms with Gasteiger partial charge in [0.2, 0.25) is 6.79 Å². The molecule has 152 valence electrons. The highest BCUT2D eigenvalue weighted by molar-refractivity contribution is 7.16. The second-order valence-corrected chi connectivity index (χ2v) is 8.91. The highest BCUT2D eigenvalue weighted by Gasteiger charge is 2.26. The van der Waals surface area contributed by atoms with Crippen LogP contribution in [0.5, 0.6) is 11.5 Å². The third-order valence-electron chi connectivity index (χ3n) is 5.72. The number of anilines is 1. The van der Waals surface area contributed by atoms with E-state index in [9.17, 15) is 10.1 Å². The Morgan fingerprint density at radius 2 is 1.90 bits per heavy atom. The summed E-state index contributed by atoms with van der Waals surface area (Å²) in [5.74, 6) is 1.63. The molecule has 1 fully saturated rings. The van der Waals surface area contributed by atoms with Gasteiger partial charge < -0.3 is 24.6 Å². The summed E-state index contributed by atoms with van der Waals surface area (Å²) in [7, 11) is 0. The molecule has 0 bridgehead atoms. The molecule has 0 unspecified atom stereocenters. The predicted octanol–water partition coefficient (Wildman–Crippen LogP) is -0.113. The van der Waals surface area contributed by atoms with E-state index >= 15 is 0 Å². The van der Waals surface area contributed by atoms with E-state index in [0.717, 1.165) is 54.7 Å².